The van der Waals surface area contributed by atoms with E-state index in [1.807, 2.05) is 12.2 Å². The molecule has 0 bridgehead atoms. The Morgan fingerprint density at radius 3 is 1.10 bits per heavy atom. The first-order valence-corrected chi connectivity index (χ1v) is 24.1. The van der Waals surface area contributed by atoms with Gasteiger partial charge in [0.25, 0.3) is 0 Å². The molecular formula is C53H88O6. The van der Waals surface area contributed by atoms with Gasteiger partial charge in [-0.25, -0.2) is 0 Å². The zero-order chi connectivity index (χ0) is 43.0. The highest BCUT2D eigenvalue weighted by Crippen LogP contribution is 2.13. The number of ether oxygens (including phenoxy) is 3. The van der Waals surface area contributed by atoms with Gasteiger partial charge in [0.2, 0.25) is 0 Å². The van der Waals surface area contributed by atoms with E-state index in [0.717, 1.165) is 96.3 Å². The van der Waals surface area contributed by atoms with Crippen molar-refractivity contribution in [2.24, 2.45) is 0 Å². The maximum atomic E-state index is 12.6. The van der Waals surface area contributed by atoms with E-state index in [0.29, 0.717) is 19.3 Å². The molecular weight excluding hydrogens is 733 g/mol. The van der Waals surface area contributed by atoms with Crippen molar-refractivity contribution < 1.29 is 28.6 Å². The summed E-state index contributed by atoms with van der Waals surface area (Å²) >= 11 is 0. The van der Waals surface area contributed by atoms with Crippen molar-refractivity contribution >= 4 is 17.9 Å². The first-order chi connectivity index (χ1) is 29.0. The van der Waals surface area contributed by atoms with Gasteiger partial charge < -0.3 is 14.2 Å². The number of hydrogen-bond acceptors (Lipinski definition) is 6. The molecule has 0 aromatic carbocycles. The first kappa shape index (κ1) is 55.6. The predicted molar refractivity (Wildman–Crippen MR) is 251 cm³/mol. The quantitative estimate of drug-likeness (QED) is 0.0264. The van der Waals surface area contributed by atoms with Gasteiger partial charge in [-0.2, -0.15) is 0 Å². The van der Waals surface area contributed by atoms with Gasteiger partial charge in [-0.1, -0.05) is 196 Å². The maximum absolute atomic E-state index is 12.6. The van der Waals surface area contributed by atoms with Crippen molar-refractivity contribution in [3.8, 4) is 0 Å². The van der Waals surface area contributed by atoms with Crippen LogP contribution in [-0.2, 0) is 28.6 Å². The van der Waals surface area contributed by atoms with Crippen LogP contribution in [0.2, 0.25) is 0 Å². The monoisotopic (exact) mass is 821 g/mol. The maximum Gasteiger partial charge on any atom is 0.306 e. The van der Waals surface area contributed by atoms with Crippen LogP contribution in [0.3, 0.4) is 0 Å². The highest BCUT2D eigenvalue weighted by atomic mass is 16.6. The molecule has 0 aromatic rings. The van der Waals surface area contributed by atoms with Crippen LogP contribution in [-0.4, -0.2) is 37.2 Å². The fourth-order valence-electron chi connectivity index (χ4n) is 6.28. The number of esters is 3. The Labute approximate surface area is 363 Å². The number of allylic oxidation sites excluding steroid dienone is 14. The van der Waals surface area contributed by atoms with Crippen LogP contribution in [0.1, 0.15) is 213 Å². The number of unbranched alkanes of at least 4 members (excludes halogenated alkanes) is 17. The Kier molecular flexibility index (Phi) is 44.5. The fourth-order valence-corrected chi connectivity index (χ4v) is 6.28. The highest BCUT2D eigenvalue weighted by Gasteiger charge is 2.19. The summed E-state index contributed by atoms with van der Waals surface area (Å²) in [5, 5.41) is 0. The van der Waals surface area contributed by atoms with Crippen LogP contribution in [0.25, 0.3) is 0 Å². The molecule has 0 aliphatic carbocycles. The molecule has 0 rings (SSSR count). The molecule has 1 atom stereocenters. The fraction of sp³-hybridized carbons (Fsp3) is 0.679. The summed E-state index contributed by atoms with van der Waals surface area (Å²) in [6.45, 7) is 6.34. The van der Waals surface area contributed by atoms with Gasteiger partial charge in [0, 0.05) is 19.3 Å². The minimum atomic E-state index is -0.813. The molecule has 0 spiro atoms. The second kappa shape index (κ2) is 47.3. The van der Waals surface area contributed by atoms with Crippen LogP contribution in [0.5, 0.6) is 0 Å². The zero-order valence-corrected chi connectivity index (χ0v) is 38.2. The highest BCUT2D eigenvalue weighted by molar-refractivity contribution is 5.71. The number of carbonyl (C=O) groups is 3. The normalized spacial score (nSPS) is 12.8. The second-order valence-electron chi connectivity index (χ2n) is 15.6. The Bertz CT molecular complexity index is 1170. The van der Waals surface area contributed by atoms with Crippen molar-refractivity contribution in [3.05, 3.63) is 85.1 Å². The summed E-state index contributed by atoms with van der Waals surface area (Å²) in [5.74, 6) is -1.02. The van der Waals surface area contributed by atoms with E-state index in [9.17, 15) is 14.4 Å². The molecule has 59 heavy (non-hydrogen) atoms. The van der Waals surface area contributed by atoms with E-state index in [1.165, 1.54) is 70.6 Å². The molecule has 0 aliphatic heterocycles. The topological polar surface area (TPSA) is 78.9 Å². The number of hydrogen-bond donors (Lipinski definition) is 0. The molecule has 0 heterocycles. The lowest BCUT2D eigenvalue weighted by atomic mass is 10.1. The summed E-state index contributed by atoms with van der Waals surface area (Å²) in [4.78, 5) is 37.5. The van der Waals surface area contributed by atoms with Gasteiger partial charge in [0.1, 0.15) is 13.2 Å². The van der Waals surface area contributed by atoms with E-state index >= 15 is 0 Å². The lowest BCUT2D eigenvalue weighted by molar-refractivity contribution is -0.166. The number of rotatable bonds is 42. The minimum absolute atomic E-state index is 0.109. The Morgan fingerprint density at radius 2 is 0.695 bits per heavy atom. The second-order valence-corrected chi connectivity index (χ2v) is 15.6. The molecule has 6 nitrogen and oxygen atoms in total. The summed E-state index contributed by atoms with van der Waals surface area (Å²) in [7, 11) is 0. The van der Waals surface area contributed by atoms with Crippen LogP contribution in [0.15, 0.2) is 85.1 Å². The largest absolute Gasteiger partial charge is 0.462 e. The molecule has 0 N–H and O–H groups in total. The third-order valence-electron chi connectivity index (χ3n) is 9.90. The van der Waals surface area contributed by atoms with Gasteiger partial charge in [0.15, 0.2) is 6.10 Å². The van der Waals surface area contributed by atoms with Gasteiger partial charge in [-0.15, -0.1) is 0 Å². The molecule has 0 aromatic heterocycles. The molecule has 6 heteroatoms. The van der Waals surface area contributed by atoms with Crippen LogP contribution in [0, 0.1) is 0 Å². The average molecular weight is 821 g/mol. The molecule has 0 saturated carbocycles. The summed E-state index contributed by atoms with van der Waals surface area (Å²) < 4.78 is 16.5. The van der Waals surface area contributed by atoms with Crippen LogP contribution < -0.4 is 0 Å². The van der Waals surface area contributed by atoms with E-state index in [2.05, 4.69) is 93.7 Å². The molecule has 0 saturated heterocycles. The lowest BCUT2D eigenvalue weighted by Crippen LogP contribution is -2.30. The van der Waals surface area contributed by atoms with Gasteiger partial charge in [-0.05, 0) is 83.5 Å². The summed E-state index contributed by atoms with van der Waals surface area (Å²) in [6, 6.07) is 0. The van der Waals surface area contributed by atoms with E-state index in [4.69, 9.17) is 14.2 Å². The van der Waals surface area contributed by atoms with Crippen molar-refractivity contribution in [1.82, 2.24) is 0 Å². The first-order valence-electron chi connectivity index (χ1n) is 24.1. The van der Waals surface area contributed by atoms with E-state index in [-0.39, 0.29) is 31.6 Å². The van der Waals surface area contributed by atoms with Crippen molar-refractivity contribution in [1.29, 1.82) is 0 Å². The third-order valence-corrected chi connectivity index (χ3v) is 9.90. The SMILES string of the molecule is CC/C=C\C/C=C\C/C=C\C/C=C\CCC(=O)OC(COC(=O)CCCCCCC)COC(=O)CCCCCCCCCC/C=C\C/C=C\C/C=C\CCCCCCC. The Balaban J connectivity index is 4.23. The van der Waals surface area contributed by atoms with Crippen LogP contribution in [0.4, 0.5) is 0 Å². The van der Waals surface area contributed by atoms with Crippen molar-refractivity contribution in [3.63, 3.8) is 0 Å². The average Bonchev–Trinajstić information content (AvgIpc) is 3.23. The van der Waals surface area contributed by atoms with E-state index < -0.39 is 12.1 Å². The molecule has 336 valence electrons. The number of carbonyl (C=O) groups excluding carboxylic acids is 3. The summed E-state index contributed by atoms with van der Waals surface area (Å²) in [5.41, 5.74) is 0. The standard InChI is InChI=1S/C53H88O6/c1-4-7-10-13-15-17-19-21-22-23-24-25-26-27-28-29-30-32-33-35-37-40-43-46-52(55)58-49-50(48-57-51(54)45-42-39-12-9-6-3)59-53(56)47-44-41-38-36-34-31-20-18-16-14-11-8-5-2/h8,11,16,18-19,21,23-24,26-27,31,34,38,41,50H,4-7,9-10,12-15,17,20,22,25,28-30,32-33,35-37,39-40,42-49H2,1-3H3/b11-8-,18-16-,21-19-,24-23-,27-26-,34-31-,41-38-. The minimum Gasteiger partial charge on any atom is -0.462 e. The van der Waals surface area contributed by atoms with Gasteiger partial charge in [0.05, 0.1) is 0 Å². The van der Waals surface area contributed by atoms with Crippen molar-refractivity contribution in [2.45, 2.75) is 219 Å². The summed E-state index contributed by atoms with van der Waals surface area (Å²) in [6.07, 6.45) is 60.5. The van der Waals surface area contributed by atoms with Crippen LogP contribution >= 0.6 is 0 Å². The predicted octanol–water partition coefficient (Wildman–Crippen LogP) is 15.6. The molecule has 0 radical (unpaired) electrons. The Hall–Kier alpha value is -3.41. The smallest absolute Gasteiger partial charge is 0.306 e. The Morgan fingerprint density at radius 1 is 0.356 bits per heavy atom. The third kappa shape index (κ3) is 45.5. The lowest BCUT2D eigenvalue weighted by Gasteiger charge is -2.18. The van der Waals surface area contributed by atoms with Gasteiger partial charge in [-0.3, -0.25) is 14.4 Å². The molecule has 1 unspecified atom stereocenters. The van der Waals surface area contributed by atoms with E-state index in [1.54, 1.807) is 0 Å². The molecule has 0 aliphatic rings. The molecule has 0 fully saturated rings. The van der Waals surface area contributed by atoms with Gasteiger partial charge >= 0.3 is 17.9 Å². The molecule has 0 amide bonds. The zero-order valence-electron chi connectivity index (χ0n) is 38.2. The van der Waals surface area contributed by atoms with Crippen molar-refractivity contribution in [2.75, 3.05) is 13.2 Å².